The van der Waals surface area contributed by atoms with Gasteiger partial charge in [-0.3, -0.25) is 0 Å². The van der Waals surface area contributed by atoms with Gasteiger partial charge in [-0.1, -0.05) is 78.8 Å². The minimum atomic E-state index is 0.104. The van der Waals surface area contributed by atoms with Crippen LogP contribution in [0, 0.1) is 6.92 Å². The average molecular weight is 413 g/mol. The van der Waals surface area contributed by atoms with E-state index < -0.39 is 0 Å². The molecule has 162 valence electrons. The lowest BCUT2D eigenvalue weighted by Gasteiger charge is -2.27. The Bertz CT molecular complexity index is 1120. The van der Waals surface area contributed by atoms with Gasteiger partial charge in [0.05, 0.1) is 0 Å². The molecular formula is C30H36O. The van der Waals surface area contributed by atoms with E-state index in [0.29, 0.717) is 0 Å². The topological polar surface area (TPSA) is 13.1 Å². The van der Waals surface area contributed by atoms with Crippen LogP contribution >= 0.6 is 0 Å². The summed E-state index contributed by atoms with van der Waals surface area (Å²) in [4.78, 5) is 0. The number of benzene rings is 2. The summed E-state index contributed by atoms with van der Waals surface area (Å²) in [6.07, 6.45) is 4.32. The molecule has 0 fully saturated rings. The first-order valence-electron chi connectivity index (χ1n) is 11.6. The van der Waals surface area contributed by atoms with Gasteiger partial charge in [0.15, 0.2) is 0 Å². The van der Waals surface area contributed by atoms with E-state index in [1.165, 1.54) is 44.5 Å². The van der Waals surface area contributed by atoms with Crippen LogP contribution in [-0.4, -0.2) is 0 Å². The van der Waals surface area contributed by atoms with Crippen molar-refractivity contribution < 1.29 is 4.42 Å². The van der Waals surface area contributed by atoms with Crippen LogP contribution in [0.15, 0.2) is 46.9 Å². The molecule has 0 N–H and O–H groups in total. The van der Waals surface area contributed by atoms with Crippen LogP contribution in [0.25, 0.3) is 22.8 Å². The Balaban J connectivity index is 1.95. The van der Waals surface area contributed by atoms with Crippen molar-refractivity contribution in [2.45, 2.75) is 79.1 Å². The Morgan fingerprint density at radius 1 is 0.839 bits per heavy atom. The molecule has 0 atom stereocenters. The molecule has 4 rings (SSSR count). The normalized spacial score (nSPS) is 14.0. The van der Waals surface area contributed by atoms with Gasteiger partial charge in [0, 0.05) is 6.42 Å². The van der Waals surface area contributed by atoms with Crippen molar-refractivity contribution >= 4 is 11.6 Å². The molecule has 0 amide bonds. The lowest BCUT2D eigenvalue weighted by atomic mass is 9.78. The van der Waals surface area contributed by atoms with Crippen molar-refractivity contribution in [3.05, 3.63) is 81.8 Å². The number of aryl methyl sites for hydroxylation is 2. The van der Waals surface area contributed by atoms with Crippen molar-refractivity contribution in [3.8, 4) is 11.1 Å². The molecular weight excluding hydrogens is 376 g/mol. The van der Waals surface area contributed by atoms with Gasteiger partial charge < -0.3 is 4.42 Å². The highest BCUT2D eigenvalue weighted by molar-refractivity contribution is 5.94. The zero-order chi connectivity index (χ0) is 22.6. The highest BCUT2D eigenvalue weighted by Gasteiger charge is 2.25. The molecule has 0 spiro atoms. The molecule has 1 heteroatoms. The van der Waals surface area contributed by atoms with Gasteiger partial charge in [-0.15, -0.1) is 0 Å². The molecule has 2 aromatic carbocycles. The first-order valence-corrected chi connectivity index (χ1v) is 11.6. The third-order valence-corrected chi connectivity index (χ3v) is 6.51. The van der Waals surface area contributed by atoms with Gasteiger partial charge >= 0.3 is 0 Å². The number of fused-ring (bicyclic) bond motifs is 1. The summed E-state index contributed by atoms with van der Waals surface area (Å²) in [7, 11) is 0. The maximum absolute atomic E-state index is 5.96. The van der Waals surface area contributed by atoms with Crippen LogP contribution in [0.5, 0.6) is 0 Å². The van der Waals surface area contributed by atoms with Crippen LogP contribution in [-0.2, 0) is 23.7 Å². The monoisotopic (exact) mass is 412 g/mol. The van der Waals surface area contributed by atoms with E-state index in [1.54, 1.807) is 0 Å². The lowest BCUT2D eigenvalue weighted by Crippen LogP contribution is -2.16. The Kier molecular flexibility index (Phi) is 5.28. The summed E-state index contributed by atoms with van der Waals surface area (Å²) in [6, 6.07) is 16.1. The van der Waals surface area contributed by atoms with Crippen LogP contribution < -0.4 is 0 Å². The molecule has 1 nitrogen and oxygen atoms in total. The number of hydrogen-bond donors (Lipinski definition) is 0. The van der Waals surface area contributed by atoms with E-state index in [1.807, 2.05) is 6.92 Å². The van der Waals surface area contributed by atoms with Gasteiger partial charge in [-0.2, -0.15) is 0 Å². The Morgan fingerprint density at radius 3 is 2.00 bits per heavy atom. The van der Waals surface area contributed by atoms with E-state index in [9.17, 15) is 0 Å². The fraction of sp³-hybridized carbons (Fsp3) is 0.400. The Morgan fingerprint density at radius 2 is 1.48 bits per heavy atom. The zero-order valence-electron chi connectivity index (χ0n) is 20.4. The average Bonchev–Trinajstić information content (AvgIpc) is 3.31. The first kappa shape index (κ1) is 21.7. The van der Waals surface area contributed by atoms with E-state index in [2.05, 4.69) is 97.0 Å². The maximum Gasteiger partial charge on any atom is 0.130 e. The first-order chi connectivity index (χ1) is 14.5. The number of rotatable bonds is 3. The minimum absolute atomic E-state index is 0.104. The second kappa shape index (κ2) is 7.55. The molecule has 0 aliphatic heterocycles. The number of allylic oxidation sites excluding steroid dienone is 1. The highest BCUT2D eigenvalue weighted by Crippen LogP contribution is 2.42. The third-order valence-electron chi connectivity index (χ3n) is 6.51. The van der Waals surface area contributed by atoms with Gasteiger partial charge in [0.2, 0.25) is 0 Å². The fourth-order valence-corrected chi connectivity index (χ4v) is 4.50. The standard InChI is InChI=1S/C30H36O/c1-9-20-11-12-21-14-22(27-13-10-19(2)31-27)17-26(21)28(20)23-15-24(29(3,4)5)18-25(16-23)30(6,7)8/h10-13,15-18H,9,14H2,1-8H3. The second-order valence-electron chi connectivity index (χ2n) is 11.1. The Hall–Kier alpha value is -2.54. The predicted octanol–water partition coefficient (Wildman–Crippen LogP) is 8.51. The predicted molar refractivity (Wildman–Crippen MR) is 134 cm³/mol. The summed E-state index contributed by atoms with van der Waals surface area (Å²) in [5.41, 5.74) is 11.2. The van der Waals surface area contributed by atoms with Crippen molar-refractivity contribution in [3.63, 3.8) is 0 Å². The molecule has 1 aliphatic rings. The van der Waals surface area contributed by atoms with Crippen molar-refractivity contribution in [1.82, 2.24) is 0 Å². The summed E-state index contributed by atoms with van der Waals surface area (Å²) < 4.78 is 5.96. The zero-order valence-corrected chi connectivity index (χ0v) is 20.4. The molecule has 0 saturated carbocycles. The Labute approximate surface area is 188 Å². The smallest absolute Gasteiger partial charge is 0.130 e. The summed E-state index contributed by atoms with van der Waals surface area (Å²) >= 11 is 0. The SMILES string of the molecule is CCc1ccc2c(c1-c1cc(C(C)(C)C)cc(C(C)(C)C)c1)C=C(c1ccc(C)o1)C2. The molecule has 3 aromatic rings. The van der Waals surface area contributed by atoms with Crippen LogP contribution in [0.2, 0.25) is 0 Å². The summed E-state index contributed by atoms with van der Waals surface area (Å²) in [6.45, 7) is 18.1. The molecule has 1 heterocycles. The molecule has 0 unspecified atom stereocenters. The van der Waals surface area contributed by atoms with E-state index in [0.717, 1.165) is 24.4 Å². The van der Waals surface area contributed by atoms with E-state index >= 15 is 0 Å². The number of hydrogen-bond acceptors (Lipinski definition) is 1. The minimum Gasteiger partial charge on any atom is -0.462 e. The van der Waals surface area contributed by atoms with E-state index in [4.69, 9.17) is 4.42 Å². The molecule has 0 bridgehead atoms. The molecule has 0 saturated heterocycles. The van der Waals surface area contributed by atoms with Crippen LogP contribution in [0.1, 0.15) is 87.8 Å². The molecule has 31 heavy (non-hydrogen) atoms. The number of furan rings is 1. The van der Waals surface area contributed by atoms with Gasteiger partial charge in [-0.05, 0) is 86.9 Å². The van der Waals surface area contributed by atoms with Crippen molar-refractivity contribution in [2.75, 3.05) is 0 Å². The second-order valence-corrected chi connectivity index (χ2v) is 11.1. The molecule has 0 radical (unpaired) electrons. The quantitative estimate of drug-likeness (QED) is 0.420. The van der Waals surface area contributed by atoms with Crippen LogP contribution in [0.3, 0.4) is 0 Å². The van der Waals surface area contributed by atoms with Gasteiger partial charge in [0.1, 0.15) is 11.5 Å². The van der Waals surface area contributed by atoms with Gasteiger partial charge in [0.25, 0.3) is 0 Å². The van der Waals surface area contributed by atoms with Crippen LogP contribution in [0.4, 0.5) is 0 Å². The largest absolute Gasteiger partial charge is 0.462 e. The van der Waals surface area contributed by atoms with E-state index in [-0.39, 0.29) is 10.8 Å². The van der Waals surface area contributed by atoms with Crippen molar-refractivity contribution in [1.29, 1.82) is 0 Å². The summed E-state index contributed by atoms with van der Waals surface area (Å²) in [5.74, 6) is 1.96. The molecule has 1 aliphatic carbocycles. The maximum atomic E-state index is 5.96. The highest BCUT2D eigenvalue weighted by atomic mass is 16.3. The third kappa shape index (κ3) is 4.15. The summed E-state index contributed by atoms with van der Waals surface area (Å²) in [5, 5.41) is 0. The molecule has 1 aromatic heterocycles. The fourth-order valence-electron chi connectivity index (χ4n) is 4.50. The van der Waals surface area contributed by atoms with Gasteiger partial charge in [-0.25, -0.2) is 0 Å². The lowest BCUT2D eigenvalue weighted by molar-refractivity contribution is 0.521. The van der Waals surface area contributed by atoms with Crippen molar-refractivity contribution in [2.24, 2.45) is 0 Å².